The molecule has 2 aromatic heterocycles. The van der Waals surface area contributed by atoms with E-state index in [-0.39, 0.29) is 75.5 Å². The van der Waals surface area contributed by atoms with Gasteiger partial charge >= 0.3 is 12.2 Å². The normalized spacial score (nSPS) is 20.4. The second-order valence-electron chi connectivity index (χ2n) is 12.1. The Morgan fingerprint density at radius 2 is 1.96 bits per heavy atom. The van der Waals surface area contributed by atoms with Crippen LogP contribution in [0.5, 0.6) is 6.01 Å². The molecule has 0 radical (unpaired) electrons. The van der Waals surface area contributed by atoms with E-state index < -0.39 is 52.4 Å². The lowest BCUT2D eigenvalue weighted by atomic mass is 9.92. The predicted molar refractivity (Wildman–Crippen MR) is 170 cm³/mol. The minimum Gasteiger partial charge on any atom is -0.462 e. The van der Waals surface area contributed by atoms with Gasteiger partial charge in [0.25, 0.3) is 5.91 Å². The number of thiophene rings is 1. The minimum absolute atomic E-state index is 0.0126. The third kappa shape index (κ3) is 5.64. The van der Waals surface area contributed by atoms with Gasteiger partial charge in [-0.2, -0.15) is 28.4 Å². The molecule has 0 spiro atoms. The maximum absolute atomic E-state index is 17.0. The number of ether oxygens (including phenoxy) is 1. The number of anilines is 2. The van der Waals surface area contributed by atoms with Crippen molar-refractivity contribution >= 4 is 55.3 Å². The largest absolute Gasteiger partial charge is 0.462 e. The molecule has 48 heavy (non-hydrogen) atoms. The summed E-state index contributed by atoms with van der Waals surface area (Å²) >= 11 is 0.679. The molecule has 1 amide bonds. The van der Waals surface area contributed by atoms with Crippen LogP contribution in [0.15, 0.2) is 18.2 Å². The molecule has 6 rings (SSSR count). The zero-order valence-corrected chi connectivity index (χ0v) is 26.9. The number of rotatable bonds is 6. The van der Waals surface area contributed by atoms with Gasteiger partial charge in [-0.05, 0) is 58.0 Å². The highest BCUT2D eigenvalue weighted by Crippen LogP contribution is 2.48. The van der Waals surface area contributed by atoms with Crippen LogP contribution in [0.1, 0.15) is 37.8 Å². The van der Waals surface area contributed by atoms with Crippen molar-refractivity contribution in [3.8, 4) is 23.2 Å². The Morgan fingerprint density at radius 3 is 2.60 bits per heavy atom. The van der Waals surface area contributed by atoms with E-state index >= 15 is 4.39 Å². The molecule has 0 saturated carbocycles. The van der Waals surface area contributed by atoms with Crippen molar-refractivity contribution in [2.75, 3.05) is 43.9 Å². The van der Waals surface area contributed by atoms with Crippen LogP contribution in [0.2, 0.25) is 0 Å². The Labute approximate surface area is 275 Å². The molecule has 2 aliphatic heterocycles. The third-order valence-electron chi connectivity index (χ3n) is 9.11. The van der Waals surface area contributed by atoms with Gasteiger partial charge in [0.2, 0.25) is 6.29 Å². The molecule has 4 aromatic rings. The van der Waals surface area contributed by atoms with Crippen LogP contribution in [0.25, 0.3) is 32.1 Å². The number of nitrogens with zero attached hydrogens (tertiary/aromatic N) is 6. The molecular weight excluding hydrogens is 657 g/mol. The molecule has 252 valence electrons. The average Bonchev–Trinajstić information content (AvgIpc) is 3.62. The first-order valence-corrected chi connectivity index (χ1v) is 15.9. The molecule has 2 saturated heterocycles. The zero-order chi connectivity index (χ0) is 34.7. The smallest absolute Gasteiger partial charge is 0.417 e. The van der Waals surface area contributed by atoms with Crippen molar-refractivity contribution in [1.82, 2.24) is 19.8 Å². The van der Waals surface area contributed by atoms with Gasteiger partial charge in [-0.15, -0.1) is 11.3 Å². The Bertz CT molecular complexity index is 2000. The summed E-state index contributed by atoms with van der Waals surface area (Å²) in [7, 11) is 1.93. The van der Waals surface area contributed by atoms with E-state index in [1.165, 1.54) is 4.90 Å². The number of hydrogen-bond donors (Lipinski definition) is 1. The topological polar surface area (TPSA) is 129 Å². The van der Waals surface area contributed by atoms with E-state index in [9.17, 15) is 32.4 Å². The summed E-state index contributed by atoms with van der Waals surface area (Å²) in [5.41, 5.74) is 2.49. The Hall–Kier alpha value is -4.62. The molecule has 3 atom stereocenters. The Balaban J connectivity index is 1.61. The molecule has 10 nitrogen and oxygen atoms in total. The number of aromatic nitrogens is 2. The lowest BCUT2D eigenvalue weighted by molar-refractivity contribution is -0.141. The van der Waals surface area contributed by atoms with Gasteiger partial charge in [-0.3, -0.25) is 9.59 Å². The summed E-state index contributed by atoms with van der Waals surface area (Å²) in [5, 5.41) is 9.15. The van der Waals surface area contributed by atoms with Crippen LogP contribution >= 0.6 is 11.3 Å². The van der Waals surface area contributed by atoms with Crippen LogP contribution in [-0.4, -0.2) is 83.4 Å². The molecule has 0 bridgehead atoms. The van der Waals surface area contributed by atoms with Crippen LogP contribution < -0.4 is 15.4 Å². The monoisotopic (exact) mass is 687 g/mol. The number of likely N-dealkylation sites (N-methyl/N-ethyl adjacent to an activating group) is 1. The number of benzene rings is 2. The van der Waals surface area contributed by atoms with Gasteiger partial charge in [0.15, 0.2) is 5.82 Å². The number of carbonyl (C=O) groups is 2. The summed E-state index contributed by atoms with van der Waals surface area (Å²) < 4.78 is 82.4. The average molecular weight is 688 g/mol. The van der Waals surface area contributed by atoms with Gasteiger partial charge in [0, 0.05) is 47.6 Å². The maximum Gasteiger partial charge on any atom is 0.417 e. The second kappa shape index (κ2) is 12.4. The summed E-state index contributed by atoms with van der Waals surface area (Å²) in [6.07, 6.45) is -3.15. The molecule has 2 aromatic carbocycles. The van der Waals surface area contributed by atoms with Gasteiger partial charge in [-0.25, -0.2) is 8.78 Å². The van der Waals surface area contributed by atoms with Gasteiger partial charge in [0.1, 0.15) is 34.8 Å². The van der Waals surface area contributed by atoms with Crippen LogP contribution in [-0.2, 0) is 15.8 Å². The maximum atomic E-state index is 17.0. The van der Waals surface area contributed by atoms with E-state index in [2.05, 4.69) is 14.9 Å². The first-order valence-electron chi connectivity index (χ1n) is 15.1. The number of nitriles is 1. The number of halogens is 5. The Morgan fingerprint density at radius 1 is 1.21 bits per heavy atom. The van der Waals surface area contributed by atoms with Crippen LogP contribution in [0.4, 0.5) is 32.8 Å². The van der Waals surface area contributed by atoms with Crippen LogP contribution in [0.3, 0.4) is 0 Å². The van der Waals surface area contributed by atoms with Gasteiger partial charge in [-0.1, -0.05) is 6.07 Å². The molecule has 0 aliphatic carbocycles. The highest BCUT2D eigenvalue weighted by molar-refractivity contribution is 7.23. The second-order valence-corrected chi connectivity index (χ2v) is 13.2. The SMILES string of the molecule is C[C@@H]1CN(c2nc(OC[C@@H]3CCCN3C)nc3c(F)c(-c4ccc(F)c5sc(N)c(C#N)c45)c(C(F)(F)F)cc23)[C@@H](C)CN1C(=O)C=O. The number of nitrogens with two attached hydrogens (primary N) is 1. The van der Waals surface area contributed by atoms with Crippen LogP contribution in [0, 0.1) is 23.0 Å². The first-order chi connectivity index (χ1) is 22.7. The fourth-order valence-electron chi connectivity index (χ4n) is 6.63. The Kier molecular flexibility index (Phi) is 8.63. The molecule has 0 unspecified atom stereocenters. The quantitative estimate of drug-likeness (QED) is 0.162. The third-order valence-corrected chi connectivity index (χ3v) is 10.1. The minimum atomic E-state index is -5.12. The van der Waals surface area contributed by atoms with Gasteiger partial charge < -0.3 is 25.2 Å². The molecule has 16 heteroatoms. The number of piperazine rings is 1. The molecule has 2 aliphatic rings. The van der Waals surface area contributed by atoms with Crippen molar-refractivity contribution in [3.63, 3.8) is 0 Å². The number of hydrogen-bond acceptors (Lipinski definition) is 10. The van der Waals surface area contributed by atoms with Crippen molar-refractivity contribution in [1.29, 1.82) is 5.26 Å². The number of amides is 1. The summed E-state index contributed by atoms with van der Waals surface area (Å²) in [5.74, 6) is -2.99. The molecule has 2 N–H and O–H groups in total. The van der Waals surface area contributed by atoms with Gasteiger partial charge in [0.05, 0.1) is 15.8 Å². The van der Waals surface area contributed by atoms with Crippen molar-refractivity contribution < 1.29 is 36.3 Å². The highest BCUT2D eigenvalue weighted by Gasteiger charge is 2.40. The molecule has 2 fully saturated rings. The van der Waals surface area contributed by atoms with E-state index in [4.69, 9.17) is 10.5 Å². The predicted octanol–water partition coefficient (Wildman–Crippen LogP) is 5.36. The lowest BCUT2D eigenvalue weighted by Crippen LogP contribution is -2.58. The summed E-state index contributed by atoms with van der Waals surface area (Å²) in [4.78, 5) is 37.4. The van der Waals surface area contributed by atoms with Crippen molar-refractivity contribution in [2.45, 2.75) is 51.0 Å². The fraction of sp³-hybridized carbons (Fsp3) is 0.406. The summed E-state index contributed by atoms with van der Waals surface area (Å²) in [6, 6.07) is 3.09. The first kappa shape index (κ1) is 33.3. The fourth-order valence-corrected chi connectivity index (χ4v) is 7.58. The van der Waals surface area contributed by atoms with E-state index in [1.807, 2.05) is 13.1 Å². The number of likely N-dealkylation sites (tertiary alicyclic amines) is 1. The number of carbonyl (C=O) groups excluding carboxylic acids is 2. The van der Waals surface area contributed by atoms with Crippen molar-refractivity contribution in [3.05, 3.63) is 41.0 Å². The van der Waals surface area contributed by atoms with E-state index in [1.54, 1.807) is 18.7 Å². The number of aldehydes is 1. The van der Waals surface area contributed by atoms with E-state index in [0.717, 1.165) is 37.6 Å². The number of fused-ring (bicyclic) bond motifs is 2. The van der Waals surface area contributed by atoms with Crippen molar-refractivity contribution in [2.24, 2.45) is 0 Å². The number of nitrogen functional groups attached to an aromatic ring is 1. The number of alkyl halides is 3. The molecular formula is C32H30F5N7O3S. The van der Waals surface area contributed by atoms with E-state index in [0.29, 0.717) is 11.3 Å². The lowest BCUT2D eigenvalue weighted by Gasteiger charge is -2.44. The standard InChI is InChI=1S/C32H30F5N7O3S/c1-15-12-44(16(2)11-43(15)23(46)13-45)30-19-9-21(32(35,36)37)25(18-6-7-22(33)28-24(18)20(10-38)29(39)48-28)26(34)27(19)40-31(41-30)47-14-17-5-4-8-42(17)3/h6-7,9,13,15-17H,4-5,8,11-12,14,39H2,1-3H3/t15-,16+,17+/m1/s1. The summed E-state index contributed by atoms with van der Waals surface area (Å²) in [6.45, 7) is 4.47. The molecule has 4 heterocycles. The zero-order valence-electron chi connectivity index (χ0n) is 26.1. The highest BCUT2D eigenvalue weighted by atomic mass is 32.1.